The van der Waals surface area contributed by atoms with E-state index in [0.717, 1.165) is 5.56 Å². The first kappa shape index (κ1) is 23.1. The molecule has 2 aromatic rings. The Bertz CT molecular complexity index is 1220. The molecular formula is C21H21N5O7S. The fraction of sp³-hybridized carbons (Fsp3) is 0.190. The highest BCUT2D eigenvalue weighted by molar-refractivity contribution is 8.41. The molecule has 1 saturated heterocycles. The summed E-state index contributed by atoms with van der Waals surface area (Å²) in [7, 11) is -1.43. The number of ether oxygens (including phenoxy) is 1. The molecule has 2 aliphatic heterocycles. The van der Waals surface area contributed by atoms with E-state index in [9.17, 15) is 14.4 Å². The maximum absolute atomic E-state index is 11.8. The lowest BCUT2D eigenvalue weighted by Crippen LogP contribution is -2.29. The van der Waals surface area contributed by atoms with Gasteiger partial charge in [0.05, 0.1) is 25.6 Å². The summed E-state index contributed by atoms with van der Waals surface area (Å²) >= 11 is 0. The molecule has 4 rings (SSSR count). The van der Waals surface area contributed by atoms with E-state index in [1.165, 1.54) is 23.7 Å². The zero-order valence-corrected chi connectivity index (χ0v) is 19.0. The van der Waals surface area contributed by atoms with E-state index in [1.807, 2.05) is 24.3 Å². The highest BCUT2D eigenvalue weighted by Gasteiger charge is 2.48. The number of hydrazine groups is 1. The van der Waals surface area contributed by atoms with Crippen LogP contribution in [0.3, 0.4) is 0 Å². The number of nitrogens with zero attached hydrogens (tertiary/aromatic N) is 3. The Hall–Kier alpha value is -4.10. The average molecular weight is 487 g/mol. The van der Waals surface area contributed by atoms with Gasteiger partial charge in [-0.1, -0.05) is 12.1 Å². The van der Waals surface area contributed by atoms with Crippen LogP contribution in [0.1, 0.15) is 24.0 Å². The summed E-state index contributed by atoms with van der Waals surface area (Å²) in [6.07, 6.45) is 1.29. The van der Waals surface area contributed by atoms with Gasteiger partial charge in [0, 0.05) is 6.92 Å². The Labute approximate surface area is 195 Å². The number of aliphatic imine (C=N–C) groups is 2. The molecule has 3 heterocycles. The molecule has 0 saturated carbocycles. The first-order chi connectivity index (χ1) is 16.3. The number of rotatable bonds is 7. The molecule has 34 heavy (non-hydrogen) atoms. The van der Waals surface area contributed by atoms with E-state index >= 15 is 0 Å². The largest absolute Gasteiger partial charge is 0.497 e. The number of carbonyl (C=O) groups is 3. The van der Waals surface area contributed by atoms with Crippen LogP contribution < -0.4 is 15.9 Å². The van der Waals surface area contributed by atoms with Crippen molar-refractivity contribution in [3.63, 3.8) is 0 Å². The van der Waals surface area contributed by atoms with Gasteiger partial charge >= 0.3 is 11.9 Å². The molecule has 1 spiro atoms. The summed E-state index contributed by atoms with van der Waals surface area (Å²) in [5, 5.41) is 5.27. The van der Waals surface area contributed by atoms with E-state index in [-0.39, 0.29) is 23.3 Å². The van der Waals surface area contributed by atoms with Gasteiger partial charge in [0.2, 0.25) is 5.91 Å². The van der Waals surface area contributed by atoms with Crippen molar-refractivity contribution in [2.24, 2.45) is 15.8 Å². The molecule has 0 bridgehead atoms. The Morgan fingerprint density at radius 2 is 2.03 bits per heavy atom. The molecule has 2 aliphatic rings. The summed E-state index contributed by atoms with van der Waals surface area (Å²) in [6.45, 7) is 1.87. The highest BCUT2D eigenvalue weighted by atomic mass is 32.3. The number of nitrogens with two attached hydrogens (primary N) is 1. The molecule has 1 amide bonds. The molecule has 1 fully saturated rings. The number of nitrogens with one attached hydrogen (secondary N) is 1. The quantitative estimate of drug-likeness (QED) is 0.195. The minimum Gasteiger partial charge on any atom is -0.497 e. The van der Waals surface area contributed by atoms with Crippen LogP contribution in [0.15, 0.2) is 56.2 Å². The van der Waals surface area contributed by atoms with Gasteiger partial charge < -0.3 is 22.8 Å². The molecule has 0 atom stereocenters. The van der Waals surface area contributed by atoms with Crippen molar-refractivity contribution in [2.45, 2.75) is 20.0 Å². The SMILES string of the molecule is COc1cccc(CN(N)/C=N/C2=NC(c3ccc(CNC(C)=O)o3)=CS23OC(=O)C(=O)O3)c1. The molecule has 13 heteroatoms. The third-order valence-electron chi connectivity index (χ3n) is 4.54. The van der Waals surface area contributed by atoms with E-state index in [0.29, 0.717) is 23.8 Å². The maximum atomic E-state index is 11.8. The minimum absolute atomic E-state index is 0.0393. The number of benzene rings is 1. The van der Waals surface area contributed by atoms with Crippen molar-refractivity contribution in [2.75, 3.05) is 7.11 Å². The van der Waals surface area contributed by atoms with Gasteiger partial charge in [-0.05, 0) is 40.4 Å². The van der Waals surface area contributed by atoms with Gasteiger partial charge in [-0.15, -0.1) is 0 Å². The van der Waals surface area contributed by atoms with Crippen molar-refractivity contribution < 1.29 is 31.9 Å². The molecule has 1 aromatic carbocycles. The van der Waals surface area contributed by atoms with Gasteiger partial charge in [0.15, 0.2) is 5.76 Å². The third-order valence-corrected chi connectivity index (χ3v) is 6.58. The zero-order valence-electron chi connectivity index (χ0n) is 18.2. The predicted octanol–water partition coefficient (Wildman–Crippen LogP) is 1.73. The molecule has 178 valence electrons. The summed E-state index contributed by atoms with van der Waals surface area (Å²) in [5.74, 6) is 5.03. The Kier molecular flexibility index (Phi) is 6.38. The Morgan fingerprint density at radius 3 is 2.74 bits per heavy atom. The number of hydrogen-bond donors (Lipinski definition) is 2. The fourth-order valence-corrected chi connectivity index (χ4v) is 4.86. The number of amidine groups is 1. The average Bonchev–Trinajstić information content (AvgIpc) is 3.48. The zero-order chi connectivity index (χ0) is 24.3. The first-order valence-electron chi connectivity index (χ1n) is 9.91. The van der Waals surface area contributed by atoms with E-state index in [4.69, 9.17) is 23.4 Å². The maximum Gasteiger partial charge on any atom is 0.442 e. The lowest BCUT2D eigenvalue weighted by Gasteiger charge is -2.26. The summed E-state index contributed by atoms with van der Waals surface area (Å²) in [5.41, 5.74) is 1.12. The normalized spacial score (nSPS) is 17.3. The number of carbonyl (C=O) groups excluding carboxylic acids is 3. The minimum atomic E-state index is -3.00. The molecular weight excluding hydrogens is 466 g/mol. The van der Waals surface area contributed by atoms with E-state index in [1.54, 1.807) is 19.2 Å². The Balaban J connectivity index is 1.55. The van der Waals surface area contributed by atoms with Crippen LogP contribution in [0.5, 0.6) is 5.75 Å². The van der Waals surface area contributed by atoms with Crippen LogP contribution in [-0.2, 0) is 35.8 Å². The topological polar surface area (TPSA) is 158 Å². The smallest absolute Gasteiger partial charge is 0.442 e. The van der Waals surface area contributed by atoms with Crippen LogP contribution in [0.2, 0.25) is 0 Å². The third kappa shape index (κ3) is 4.94. The number of methoxy groups -OCH3 is 1. The number of furan rings is 1. The lowest BCUT2D eigenvalue weighted by atomic mass is 10.2. The van der Waals surface area contributed by atoms with Crippen molar-refractivity contribution in [3.05, 3.63) is 58.9 Å². The second-order valence-electron chi connectivity index (χ2n) is 7.13. The second kappa shape index (κ2) is 9.41. The standard InChI is InChI=1S/C21H21N5O7S/c1-13(27)23-9-16-6-7-18(31-16)17-11-34(32-19(28)20(29)33-34)21(25-17)24-12-26(22)10-14-4-3-5-15(8-14)30-2/h3-8,11-12H,9-10,22H2,1-2H3,(H,23,27)/b24-12+. The van der Waals surface area contributed by atoms with Gasteiger partial charge in [-0.25, -0.2) is 25.4 Å². The fourth-order valence-electron chi connectivity index (χ4n) is 3.01. The number of hydrogen-bond acceptors (Lipinski definition) is 10. The van der Waals surface area contributed by atoms with Crippen molar-refractivity contribution >= 4 is 45.6 Å². The molecule has 0 radical (unpaired) electrons. The molecule has 12 nitrogen and oxygen atoms in total. The monoisotopic (exact) mass is 487 g/mol. The predicted molar refractivity (Wildman–Crippen MR) is 123 cm³/mol. The van der Waals surface area contributed by atoms with Gasteiger partial charge in [-0.3, -0.25) is 9.80 Å². The Morgan fingerprint density at radius 1 is 1.26 bits per heavy atom. The van der Waals surface area contributed by atoms with Crippen molar-refractivity contribution in [1.82, 2.24) is 10.3 Å². The molecule has 3 N–H and O–H groups in total. The molecule has 0 aliphatic carbocycles. The van der Waals surface area contributed by atoms with Crippen LogP contribution >= 0.6 is 10.6 Å². The highest BCUT2D eigenvalue weighted by Crippen LogP contribution is 2.62. The van der Waals surface area contributed by atoms with Crippen LogP contribution in [-0.4, -0.2) is 41.5 Å². The van der Waals surface area contributed by atoms with Crippen molar-refractivity contribution in [3.8, 4) is 5.75 Å². The first-order valence-corrected chi connectivity index (χ1v) is 11.5. The summed E-state index contributed by atoms with van der Waals surface area (Å²) < 4.78 is 21.4. The van der Waals surface area contributed by atoms with E-state index < -0.39 is 22.5 Å². The lowest BCUT2D eigenvalue weighted by molar-refractivity contribution is -0.150. The summed E-state index contributed by atoms with van der Waals surface area (Å²) in [6, 6.07) is 10.6. The van der Waals surface area contributed by atoms with Crippen LogP contribution in [0.25, 0.3) is 5.70 Å². The van der Waals surface area contributed by atoms with E-state index in [2.05, 4.69) is 15.3 Å². The van der Waals surface area contributed by atoms with Gasteiger partial charge in [0.1, 0.15) is 23.5 Å². The van der Waals surface area contributed by atoms with Crippen molar-refractivity contribution in [1.29, 1.82) is 0 Å². The number of amides is 1. The molecule has 0 unspecified atom stereocenters. The van der Waals surface area contributed by atoms with Crippen LogP contribution in [0.4, 0.5) is 0 Å². The summed E-state index contributed by atoms with van der Waals surface area (Å²) in [4.78, 5) is 43.3. The van der Waals surface area contributed by atoms with Crippen LogP contribution in [0, 0.1) is 0 Å². The van der Waals surface area contributed by atoms with Gasteiger partial charge in [0.25, 0.3) is 5.17 Å². The molecule has 1 aromatic heterocycles. The van der Waals surface area contributed by atoms with Gasteiger partial charge in [-0.2, -0.15) is 0 Å². The second-order valence-corrected chi connectivity index (χ2v) is 9.15.